The van der Waals surface area contributed by atoms with Crippen molar-refractivity contribution < 1.29 is 4.79 Å². The number of carbonyl (C=O) groups is 1. The van der Waals surface area contributed by atoms with Crippen LogP contribution in [-0.4, -0.2) is 19.4 Å². The number of hydrogen-bond acceptors (Lipinski definition) is 2. The first-order chi connectivity index (χ1) is 7.25. The third-order valence-electron chi connectivity index (χ3n) is 6.42. The lowest BCUT2D eigenvalue weighted by molar-refractivity contribution is -0.144. The molecule has 15 heavy (non-hydrogen) atoms. The van der Waals surface area contributed by atoms with Gasteiger partial charge in [0.25, 0.3) is 0 Å². The van der Waals surface area contributed by atoms with Crippen molar-refractivity contribution in [1.29, 1.82) is 0 Å². The number of fused-ring (bicyclic) bond motifs is 2. The van der Waals surface area contributed by atoms with Gasteiger partial charge in [0.1, 0.15) is 6.29 Å². The van der Waals surface area contributed by atoms with Crippen LogP contribution in [0.1, 0.15) is 32.1 Å². The molecule has 4 saturated carbocycles. The van der Waals surface area contributed by atoms with Crippen LogP contribution in [0.15, 0.2) is 0 Å². The monoisotopic (exact) mass is 205 g/mol. The van der Waals surface area contributed by atoms with Gasteiger partial charge in [-0.3, -0.25) is 0 Å². The van der Waals surface area contributed by atoms with E-state index >= 15 is 0 Å². The molecule has 6 unspecified atom stereocenters. The van der Waals surface area contributed by atoms with Crippen molar-refractivity contribution in [1.82, 2.24) is 5.32 Å². The summed E-state index contributed by atoms with van der Waals surface area (Å²) in [6, 6.07) is 0.713. The average Bonchev–Trinajstić information content (AvgIpc) is 2.58. The Bertz CT molecular complexity index is 337. The summed E-state index contributed by atoms with van der Waals surface area (Å²) in [5.74, 6) is 2.57. The van der Waals surface area contributed by atoms with Crippen LogP contribution < -0.4 is 5.32 Å². The van der Waals surface area contributed by atoms with Crippen molar-refractivity contribution >= 4 is 6.29 Å². The molecule has 0 aromatic rings. The third kappa shape index (κ3) is 0.692. The van der Waals surface area contributed by atoms with E-state index in [0.29, 0.717) is 11.5 Å². The quantitative estimate of drug-likeness (QED) is 0.694. The fraction of sp³-hybridized carbons (Fsp3) is 0.923. The minimum absolute atomic E-state index is 0.128. The first kappa shape index (κ1) is 8.74. The van der Waals surface area contributed by atoms with Gasteiger partial charge in [0.15, 0.2) is 0 Å². The second-order valence-electron chi connectivity index (χ2n) is 6.51. The van der Waals surface area contributed by atoms with Gasteiger partial charge in [-0.25, -0.2) is 0 Å². The lowest BCUT2D eigenvalue weighted by atomic mass is 9.47. The summed E-state index contributed by atoms with van der Waals surface area (Å²) in [4.78, 5) is 11.5. The zero-order chi connectivity index (χ0) is 10.3. The van der Waals surface area contributed by atoms with E-state index < -0.39 is 0 Å². The van der Waals surface area contributed by atoms with E-state index in [-0.39, 0.29) is 5.41 Å². The third-order valence-corrected chi connectivity index (χ3v) is 6.42. The largest absolute Gasteiger partial charge is 0.316 e. The molecular formula is C13H19NO. The fourth-order valence-corrected chi connectivity index (χ4v) is 6.05. The predicted octanol–water partition coefficient (Wildman–Crippen LogP) is 1.60. The molecule has 0 aromatic heterocycles. The number of nitrogens with one attached hydrogen (secondary N) is 1. The van der Waals surface area contributed by atoms with Gasteiger partial charge in [-0.15, -0.1) is 0 Å². The van der Waals surface area contributed by atoms with E-state index in [1.165, 1.54) is 38.4 Å². The average molecular weight is 205 g/mol. The van der Waals surface area contributed by atoms with E-state index in [2.05, 4.69) is 12.4 Å². The second kappa shape index (κ2) is 2.32. The molecule has 4 fully saturated rings. The SMILES string of the molecule is CNC1C2CC3CC4(C=O)CC1CC34C2. The first-order valence-corrected chi connectivity index (χ1v) is 6.38. The van der Waals surface area contributed by atoms with Crippen molar-refractivity contribution in [3.63, 3.8) is 0 Å². The Morgan fingerprint density at radius 2 is 2.00 bits per heavy atom. The molecule has 82 valence electrons. The molecule has 0 amide bonds. The van der Waals surface area contributed by atoms with Crippen LogP contribution in [0.2, 0.25) is 0 Å². The molecule has 4 aliphatic carbocycles. The molecule has 2 heteroatoms. The highest BCUT2D eigenvalue weighted by Gasteiger charge is 2.76. The Balaban J connectivity index is 1.82. The zero-order valence-corrected chi connectivity index (χ0v) is 9.33. The van der Waals surface area contributed by atoms with Crippen molar-refractivity contribution in [2.45, 2.75) is 38.1 Å². The summed E-state index contributed by atoms with van der Waals surface area (Å²) in [5.41, 5.74) is 0.611. The zero-order valence-electron chi connectivity index (χ0n) is 9.33. The smallest absolute Gasteiger partial charge is 0.126 e. The maximum atomic E-state index is 11.5. The van der Waals surface area contributed by atoms with Gasteiger partial charge in [-0.2, -0.15) is 0 Å². The van der Waals surface area contributed by atoms with Gasteiger partial charge in [0.2, 0.25) is 0 Å². The second-order valence-corrected chi connectivity index (χ2v) is 6.51. The van der Waals surface area contributed by atoms with Crippen molar-refractivity contribution in [3.05, 3.63) is 0 Å². The van der Waals surface area contributed by atoms with E-state index in [9.17, 15) is 4.79 Å². The Kier molecular flexibility index (Phi) is 1.35. The molecule has 1 spiro atoms. The van der Waals surface area contributed by atoms with E-state index in [0.717, 1.165) is 17.8 Å². The predicted molar refractivity (Wildman–Crippen MR) is 57.3 cm³/mol. The topological polar surface area (TPSA) is 29.1 Å². The van der Waals surface area contributed by atoms with Gasteiger partial charge >= 0.3 is 0 Å². The van der Waals surface area contributed by atoms with Crippen LogP contribution in [0.4, 0.5) is 0 Å². The summed E-state index contributed by atoms with van der Waals surface area (Å²) >= 11 is 0. The number of rotatable bonds is 2. The van der Waals surface area contributed by atoms with Crippen LogP contribution in [0, 0.1) is 28.6 Å². The molecule has 2 nitrogen and oxygen atoms in total. The van der Waals surface area contributed by atoms with Crippen LogP contribution in [0.25, 0.3) is 0 Å². The number of hydrogen-bond donors (Lipinski definition) is 1. The lowest BCUT2D eigenvalue weighted by Crippen LogP contribution is -2.53. The normalized spacial score (nSPS) is 64.1. The van der Waals surface area contributed by atoms with Crippen molar-refractivity contribution in [3.8, 4) is 0 Å². The molecule has 0 saturated heterocycles. The minimum atomic E-state index is 0.128. The number of aldehydes is 1. The van der Waals surface area contributed by atoms with Crippen LogP contribution in [0.5, 0.6) is 0 Å². The molecule has 1 N–H and O–H groups in total. The maximum absolute atomic E-state index is 11.5. The van der Waals surface area contributed by atoms with Gasteiger partial charge in [-0.1, -0.05) is 0 Å². The van der Waals surface area contributed by atoms with E-state index in [1.54, 1.807) is 0 Å². The Morgan fingerprint density at radius 1 is 1.20 bits per heavy atom. The fourth-order valence-electron chi connectivity index (χ4n) is 6.05. The summed E-state index contributed by atoms with van der Waals surface area (Å²) in [6.45, 7) is 0. The Morgan fingerprint density at radius 3 is 2.73 bits per heavy atom. The molecule has 4 aliphatic rings. The van der Waals surface area contributed by atoms with Crippen LogP contribution in [0.3, 0.4) is 0 Å². The van der Waals surface area contributed by atoms with Gasteiger partial charge in [-0.05, 0) is 62.3 Å². The summed E-state index contributed by atoms with van der Waals surface area (Å²) in [6.07, 6.45) is 7.84. The molecule has 0 heterocycles. The molecule has 3 bridgehead atoms. The van der Waals surface area contributed by atoms with Gasteiger partial charge < -0.3 is 10.1 Å². The van der Waals surface area contributed by atoms with Crippen LogP contribution in [-0.2, 0) is 4.79 Å². The standard InChI is InChI=1S/C13H19NO/c1-14-11-8-2-10-6-12(7-15)3-9(11)5-13(10,12)4-8/h7-11,14H,2-6H2,1H3. The summed E-state index contributed by atoms with van der Waals surface area (Å²) in [5, 5.41) is 3.52. The van der Waals surface area contributed by atoms with E-state index in [4.69, 9.17) is 0 Å². The Hall–Kier alpha value is -0.370. The molecule has 0 aromatic carbocycles. The molecule has 4 rings (SSSR count). The highest BCUT2D eigenvalue weighted by atomic mass is 16.1. The van der Waals surface area contributed by atoms with E-state index in [1.807, 2.05) is 0 Å². The number of carbonyl (C=O) groups excluding carboxylic acids is 1. The molecular weight excluding hydrogens is 186 g/mol. The highest BCUT2D eigenvalue weighted by Crippen LogP contribution is 2.80. The van der Waals surface area contributed by atoms with Gasteiger partial charge in [0.05, 0.1) is 0 Å². The van der Waals surface area contributed by atoms with Crippen molar-refractivity contribution in [2.75, 3.05) is 7.05 Å². The minimum Gasteiger partial charge on any atom is -0.316 e. The summed E-state index contributed by atoms with van der Waals surface area (Å²) in [7, 11) is 2.10. The summed E-state index contributed by atoms with van der Waals surface area (Å²) < 4.78 is 0. The Labute approximate surface area is 90.8 Å². The molecule has 0 aliphatic heterocycles. The van der Waals surface area contributed by atoms with Gasteiger partial charge in [0, 0.05) is 11.5 Å². The maximum Gasteiger partial charge on any atom is 0.126 e. The molecule has 0 radical (unpaired) electrons. The van der Waals surface area contributed by atoms with Crippen molar-refractivity contribution in [2.24, 2.45) is 28.6 Å². The highest BCUT2D eigenvalue weighted by molar-refractivity contribution is 5.66. The first-order valence-electron chi connectivity index (χ1n) is 6.38. The van der Waals surface area contributed by atoms with Crippen LogP contribution >= 0.6 is 0 Å². The molecule has 6 atom stereocenters. The lowest BCUT2D eigenvalue weighted by Gasteiger charge is -2.56.